The molecule has 2 amide bonds. The molecule has 130 valence electrons. The lowest BCUT2D eigenvalue weighted by Crippen LogP contribution is -2.33. The van der Waals surface area contributed by atoms with Gasteiger partial charge in [-0.3, -0.25) is 9.59 Å². The third-order valence-electron chi connectivity index (χ3n) is 3.67. The van der Waals surface area contributed by atoms with Gasteiger partial charge in [0.15, 0.2) is 17.5 Å². The van der Waals surface area contributed by atoms with Crippen LogP contribution in [0.2, 0.25) is 0 Å². The van der Waals surface area contributed by atoms with Gasteiger partial charge in [0.2, 0.25) is 5.91 Å². The van der Waals surface area contributed by atoms with Crippen molar-refractivity contribution in [1.29, 1.82) is 0 Å². The van der Waals surface area contributed by atoms with Gasteiger partial charge >= 0.3 is 0 Å². The third-order valence-corrected chi connectivity index (χ3v) is 3.67. The van der Waals surface area contributed by atoms with Gasteiger partial charge in [-0.05, 0) is 35.9 Å². The van der Waals surface area contributed by atoms with Crippen molar-refractivity contribution in [1.82, 2.24) is 5.32 Å². The molecular formula is C17H13F3N2O3. The van der Waals surface area contributed by atoms with E-state index in [1.165, 1.54) is 0 Å². The SMILES string of the molecule is O=C(CNC(=O)c1ccc2c(c1)CCO2)Nc1ccc(F)c(F)c1F. The van der Waals surface area contributed by atoms with E-state index in [9.17, 15) is 22.8 Å². The van der Waals surface area contributed by atoms with E-state index in [1.807, 2.05) is 0 Å². The number of amides is 2. The van der Waals surface area contributed by atoms with Crippen molar-refractivity contribution in [2.45, 2.75) is 6.42 Å². The standard InChI is InChI=1S/C17H13F3N2O3/c18-11-2-3-12(16(20)15(11)19)22-14(23)8-21-17(24)10-1-4-13-9(7-10)5-6-25-13/h1-4,7H,5-6,8H2,(H,21,24)(H,22,23). The average Bonchev–Trinajstić information content (AvgIpc) is 3.08. The van der Waals surface area contributed by atoms with Crippen LogP contribution in [0.15, 0.2) is 30.3 Å². The lowest BCUT2D eigenvalue weighted by atomic mass is 10.1. The van der Waals surface area contributed by atoms with E-state index in [-0.39, 0.29) is 0 Å². The van der Waals surface area contributed by atoms with Crippen LogP contribution in [0.4, 0.5) is 18.9 Å². The van der Waals surface area contributed by atoms with Gasteiger partial charge in [0, 0.05) is 12.0 Å². The summed E-state index contributed by atoms with van der Waals surface area (Å²) in [6.45, 7) is 0.105. The molecule has 1 aliphatic rings. The Kier molecular flexibility index (Phi) is 4.60. The summed E-state index contributed by atoms with van der Waals surface area (Å²) < 4.78 is 44.8. The van der Waals surface area contributed by atoms with Gasteiger partial charge in [-0.25, -0.2) is 13.2 Å². The second-order valence-corrected chi connectivity index (χ2v) is 5.37. The number of benzene rings is 2. The lowest BCUT2D eigenvalue weighted by Gasteiger charge is -2.09. The zero-order chi connectivity index (χ0) is 18.0. The first-order valence-electron chi connectivity index (χ1n) is 7.43. The topological polar surface area (TPSA) is 67.4 Å². The molecule has 0 saturated carbocycles. The summed E-state index contributed by atoms with van der Waals surface area (Å²) in [6, 6.07) is 6.50. The fraction of sp³-hybridized carbons (Fsp3) is 0.176. The Labute approximate surface area is 140 Å². The highest BCUT2D eigenvalue weighted by atomic mass is 19.2. The Hall–Kier alpha value is -3.03. The maximum Gasteiger partial charge on any atom is 0.251 e. The molecule has 2 aromatic carbocycles. The van der Waals surface area contributed by atoms with Crippen molar-refractivity contribution in [2.24, 2.45) is 0 Å². The Balaban J connectivity index is 1.59. The molecule has 2 aromatic rings. The van der Waals surface area contributed by atoms with E-state index in [2.05, 4.69) is 10.6 Å². The van der Waals surface area contributed by atoms with E-state index < -0.39 is 41.5 Å². The number of anilines is 1. The Morgan fingerprint density at radius 1 is 1.08 bits per heavy atom. The number of fused-ring (bicyclic) bond motifs is 1. The first-order chi connectivity index (χ1) is 12.0. The van der Waals surface area contributed by atoms with Crippen molar-refractivity contribution < 1.29 is 27.5 Å². The number of carbonyl (C=O) groups is 2. The molecule has 0 atom stereocenters. The minimum atomic E-state index is -1.68. The Morgan fingerprint density at radius 3 is 2.68 bits per heavy atom. The first-order valence-corrected chi connectivity index (χ1v) is 7.43. The van der Waals surface area contributed by atoms with Gasteiger partial charge in [0.25, 0.3) is 5.91 Å². The second kappa shape index (κ2) is 6.84. The van der Waals surface area contributed by atoms with Crippen LogP contribution in [0, 0.1) is 17.5 Å². The molecule has 0 saturated heterocycles. The van der Waals surface area contributed by atoms with Crippen LogP contribution < -0.4 is 15.4 Å². The van der Waals surface area contributed by atoms with Crippen LogP contribution in [0.5, 0.6) is 5.75 Å². The number of halogens is 3. The number of hydrogen-bond donors (Lipinski definition) is 2. The normalized spacial score (nSPS) is 12.3. The van der Waals surface area contributed by atoms with Gasteiger partial charge < -0.3 is 15.4 Å². The number of rotatable bonds is 4. The van der Waals surface area contributed by atoms with Gasteiger partial charge in [0.1, 0.15) is 5.75 Å². The van der Waals surface area contributed by atoms with Crippen LogP contribution in [-0.2, 0) is 11.2 Å². The van der Waals surface area contributed by atoms with E-state index in [0.29, 0.717) is 24.7 Å². The molecule has 0 fully saturated rings. The predicted octanol–water partition coefficient (Wildman–Crippen LogP) is 2.41. The molecule has 8 heteroatoms. The molecule has 1 aliphatic heterocycles. The Bertz CT molecular complexity index is 855. The van der Waals surface area contributed by atoms with Gasteiger partial charge in [-0.1, -0.05) is 0 Å². The van der Waals surface area contributed by atoms with E-state index >= 15 is 0 Å². The van der Waals surface area contributed by atoms with Crippen molar-refractivity contribution in [2.75, 3.05) is 18.5 Å². The summed E-state index contributed by atoms with van der Waals surface area (Å²) in [6.07, 6.45) is 0.701. The highest BCUT2D eigenvalue weighted by Crippen LogP contribution is 2.25. The number of hydrogen-bond acceptors (Lipinski definition) is 3. The highest BCUT2D eigenvalue weighted by molar-refractivity contribution is 5.99. The molecular weight excluding hydrogens is 337 g/mol. The quantitative estimate of drug-likeness (QED) is 0.832. The van der Waals surface area contributed by atoms with Crippen LogP contribution in [0.25, 0.3) is 0 Å². The van der Waals surface area contributed by atoms with E-state index in [0.717, 1.165) is 17.4 Å². The number of carbonyl (C=O) groups excluding carboxylic acids is 2. The van der Waals surface area contributed by atoms with Crippen LogP contribution >= 0.6 is 0 Å². The fourth-order valence-electron chi connectivity index (χ4n) is 2.41. The van der Waals surface area contributed by atoms with Crippen LogP contribution in [0.1, 0.15) is 15.9 Å². The lowest BCUT2D eigenvalue weighted by molar-refractivity contribution is -0.115. The molecule has 0 aromatic heterocycles. The average molecular weight is 350 g/mol. The monoisotopic (exact) mass is 350 g/mol. The molecule has 0 spiro atoms. The minimum absolute atomic E-state index is 0.357. The first kappa shape index (κ1) is 16.8. The number of ether oxygens (including phenoxy) is 1. The van der Waals surface area contributed by atoms with Crippen molar-refractivity contribution >= 4 is 17.5 Å². The summed E-state index contributed by atoms with van der Waals surface area (Å²) >= 11 is 0. The highest BCUT2D eigenvalue weighted by Gasteiger charge is 2.17. The van der Waals surface area contributed by atoms with E-state index in [4.69, 9.17) is 4.74 Å². The van der Waals surface area contributed by atoms with Gasteiger partial charge in [0.05, 0.1) is 18.8 Å². The molecule has 0 aliphatic carbocycles. The molecule has 0 unspecified atom stereocenters. The largest absolute Gasteiger partial charge is 0.493 e. The van der Waals surface area contributed by atoms with E-state index in [1.54, 1.807) is 18.2 Å². The van der Waals surface area contributed by atoms with Crippen LogP contribution in [-0.4, -0.2) is 25.0 Å². The third kappa shape index (κ3) is 3.57. The Morgan fingerprint density at radius 2 is 1.88 bits per heavy atom. The van der Waals surface area contributed by atoms with Gasteiger partial charge in [-0.15, -0.1) is 0 Å². The number of nitrogens with one attached hydrogen (secondary N) is 2. The van der Waals surface area contributed by atoms with Crippen molar-refractivity contribution in [3.8, 4) is 5.75 Å². The summed E-state index contributed by atoms with van der Waals surface area (Å²) in [5, 5.41) is 4.44. The second-order valence-electron chi connectivity index (χ2n) is 5.37. The summed E-state index contributed by atoms with van der Waals surface area (Å²) in [5.41, 5.74) is 0.754. The van der Waals surface area contributed by atoms with Gasteiger partial charge in [-0.2, -0.15) is 0 Å². The minimum Gasteiger partial charge on any atom is -0.493 e. The fourth-order valence-corrected chi connectivity index (χ4v) is 2.41. The van der Waals surface area contributed by atoms with Crippen molar-refractivity contribution in [3.05, 3.63) is 58.9 Å². The maximum absolute atomic E-state index is 13.5. The molecule has 5 nitrogen and oxygen atoms in total. The smallest absolute Gasteiger partial charge is 0.251 e. The van der Waals surface area contributed by atoms with Crippen LogP contribution in [0.3, 0.4) is 0 Å². The zero-order valence-electron chi connectivity index (χ0n) is 12.9. The molecule has 0 bridgehead atoms. The summed E-state index contributed by atoms with van der Waals surface area (Å²) in [5.74, 6) is -5.08. The molecule has 0 radical (unpaired) electrons. The molecule has 2 N–H and O–H groups in total. The molecule has 3 rings (SSSR count). The van der Waals surface area contributed by atoms with Crippen molar-refractivity contribution in [3.63, 3.8) is 0 Å². The summed E-state index contributed by atoms with van der Waals surface area (Å²) in [7, 11) is 0. The molecule has 25 heavy (non-hydrogen) atoms. The zero-order valence-corrected chi connectivity index (χ0v) is 12.9. The molecule has 1 heterocycles. The maximum atomic E-state index is 13.5. The predicted molar refractivity (Wildman–Crippen MR) is 82.9 cm³/mol. The summed E-state index contributed by atoms with van der Waals surface area (Å²) in [4.78, 5) is 23.8.